The lowest BCUT2D eigenvalue weighted by Crippen LogP contribution is -2.20. The van der Waals surface area contributed by atoms with Gasteiger partial charge in [-0.2, -0.15) is 0 Å². The van der Waals surface area contributed by atoms with Crippen molar-refractivity contribution in [1.29, 1.82) is 0 Å². The molecule has 0 atom stereocenters. The minimum Gasteiger partial charge on any atom is -0.266 e. The van der Waals surface area contributed by atoms with Gasteiger partial charge in [-0.05, 0) is 23.3 Å². The maximum atomic E-state index is 11.2. The Kier molecular flexibility index (Phi) is 1.67. The molecule has 0 unspecified atom stereocenters. The van der Waals surface area contributed by atoms with Crippen molar-refractivity contribution < 1.29 is 4.79 Å². The van der Waals surface area contributed by atoms with Crippen LogP contribution in [0.2, 0.25) is 0 Å². The van der Waals surface area contributed by atoms with Crippen LogP contribution in [0.15, 0.2) is 40.3 Å². The highest BCUT2D eigenvalue weighted by atomic mass is 16.1. The first-order chi connectivity index (χ1) is 8.81. The van der Waals surface area contributed by atoms with Crippen LogP contribution in [0.3, 0.4) is 0 Å². The van der Waals surface area contributed by atoms with E-state index in [-0.39, 0.29) is 5.91 Å². The molecule has 2 heterocycles. The first-order valence-electron chi connectivity index (χ1n) is 5.60. The van der Waals surface area contributed by atoms with Crippen molar-refractivity contribution in [1.82, 2.24) is 4.98 Å². The molecule has 1 aliphatic heterocycles. The second-order valence-electron chi connectivity index (χ2n) is 4.20. The van der Waals surface area contributed by atoms with E-state index in [0.29, 0.717) is 11.2 Å². The third-order valence-electron chi connectivity index (χ3n) is 3.08. The van der Waals surface area contributed by atoms with E-state index in [0.717, 1.165) is 22.0 Å². The normalized spacial score (nSPS) is 14.3. The predicted octanol–water partition coefficient (Wildman–Crippen LogP) is 0.753. The number of benzene rings is 1. The molecule has 18 heavy (non-hydrogen) atoms. The van der Waals surface area contributed by atoms with Crippen molar-refractivity contribution >= 4 is 24.0 Å². The molecule has 4 nitrogen and oxygen atoms in total. The highest BCUT2D eigenvalue weighted by Gasteiger charge is 2.15. The summed E-state index contributed by atoms with van der Waals surface area (Å²) in [4.78, 5) is 23.6. The number of pyridine rings is 1. The van der Waals surface area contributed by atoms with Crippen LogP contribution in [-0.2, 0) is 4.79 Å². The van der Waals surface area contributed by atoms with Crippen LogP contribution in [0.1, 0.15) is 5.56 Å². The van der Waals surface area contributed by atoms with Crippen molar-refractivity contribution in [2.75, 3.05) is 0 Å². The monoisotopic (exact) mass is 233 g/mol. The number of nitrogens with zero attached hydrogens (tertiary/aromatic N) is 3. The van der Waals surface area contributed by atoms with Crippen LogP contribution in [0.4, 0.5) is 5.82 Å². The first kappa shape index (κ1) is 9.41. The molecule has 0 N–H and O–H groups in total. The maximum Gasteiger partial charge on any atom is 0.288 e. The van der Waals surface area contributed by atoms with Crippen molar-refractivity contribution in [2.24, 2.45) is 9.98 Å². The zero-order valence-electron chi connectivity index (χ0n) is 9.29. The van der Waals surface area contributed by atoms with Crippen LogP contribution in [0, 0.1) is 0 Å². The van der Waals surface area contributed by atoms with E-state index in [2.05, 4.69) is 15.0 Å². The number of carbonyl (C=O) groups excluding carboxylic acids is 1. The molecule has 4 heteroatoms. The van der Waals surface area contributed by atoms with Crippen LogP contribution >= 0.6 is 0 Å². The largest absolute Gasteiger partial charge is 0.288 e. The summed E-state index contributed by atoms with van der Waals surface area (Å²) < 4.78 is 0. The average molecular weight is 233 g/mol. The summed E-state index contributed by atoms with van der Waals surface area (Å²) >= 11 is 0. The number of carbonyl (C=O) groups is 1. The molecule has 0 spiro atoms. The Hall–Kier alpha value is -2.62. The molecule has 1 aliphatic carbocycles. The van der Waals surface area contributed by atoms with Crippen LogP contribution < -0.4 is 10.7 Å². The third-order valence-corrected chi connectivity index (χ3v) is 3.08. The Labute approximate surface area is 102 Å². The fourth-order valence-electron chi connectivity index (χ4n) is 2.29. The summed E-state index contributed by atoms with van der Waals surface area (Å²) in [5.41, 5.74) is 3.27. The molecule has 0 saturated heterocycles. The molecule has 2 aliphatic rings. The SMILES string of the molecule is O=C1C=Nc2nc3c(cc2=N1)-c1ccccc1C=3. The molecular formula is C14H7N3O. The van der Waals surface area contributed by atoms with Gasteiger partial charge in [-0.15, -0.1) is 0 Å². The van der Waals surface area contributed by atoms with E-state index in [9.17, 15) is 4.79 Å². The van der Waals surface area contributed by atoms with E-state index in [1.54, 1.807) is 0 Å². The van der Waals surface area contributed by atoms with Crippen LogP contribution in [0.5, 0.6) is 0 Å². The Bertz CT molecular complexity index is 850. The van der Waals surface area contributed by atoms with Crippen molar-refractivity contribution in [3.8, 4) is 11.1 Å². The van der Waals surface area contributed by atoms with Crippen molar-refractivity contribution in [2.45, 2.75) is 0 Å². The summed E-state index contributed by atoms with van der Waals surface area (Å²) in [5, 5.41) is 1.43. The van der Waals surface area contributed by atoms with Crippen molar-refractivity contribution in [3.05, 3.63) is 46.6 Å². The Morgan fingerprint density at radius 2 is 1.94 bits per heavy atom. The Morgan fingerprint density at radius 3 is 2.89 bits per heavy atom. The lowest BCUT2D eigenvalue weighted by Gasteiger charge is -2.02. The number of hydrogen-bond donors (Lipinski definition) is 0. The van der Waals surface area contributed by atoms with Gasteiger partial charge in [0.05, 0.1) is 11.6 Å². The summed E-state index contributed by atoms with van der Waals surface area (Å²) in [6, 6.07) is 9.95. The standard InChI is InChI=1S/C14H7N3O/c18-13-7-15-14-12(16-13)6-10-9-4-2-1-3-8(9)5-11(10)17-14/h1-7H. The molecule has 0 saturated carbocycles. The number of rotatable bonds is 0. The molecule has 1 aromatic heterocycles. The highest BCUT2D eigenvalue weighted by Crippen LogP contribution is 2.25. The lowest BCUT2D eigenvalue weighted by molar-refractivity contribution is -0.111. The fraction of sp³-hybridized carbons (Fsp3) is 0. The Morgan fingerprint density at radius 1 is 1.06 bits per heavy atom. The molecule has 0 bridgehead atoms. The van der Waals surface area contributed by atoms with Gasteiger partial charge in [0.15, 0.2) is 5.82 Å². The van der Waals surface area contributed by atoms with E-state index in [1.807, 2.05) is 36.4 Å². The maximum absolute atomic E-state index is 11.2. The quantitative estimate of drug-likeness (QED) is 0.575. The average Bonchev–Trinajstić information content (AvgIpc) is 2.74. The molecule has 2 aromatic rings. The summed E-state index contributed by atoms with van der Waals surface area (Å²) in [7, 11) is 0. The summed E-state index contributed by atoms with van der Waals surface area (Å²) in [5.74, 6) is 0.178. The van der Waals surface area contributed by atoms with Crippen LogP contribution in [0.25, 0.3) is 17.2 Å². The predicted molar refractivity (Wildman–Crippen MR) is 67.2 cm³/mol. The molecule has 0 fully saturated rings. The van der Waals surface area contributed by atoms with E-state index in [4.69, 9.17) is 0 Å². The van der Waals surface area contributed by atoms with Gasteiger partial charge in [0.1, 0.15) is 5.36 Å². The van der Waals surface area contributed by atoms with Crippen molar-refractivity contribution in [3.63, 3.8) is 0 Å². The molecular weight excluding hydrogens is 226 g/mol. The zero-order chi connectivity index (χ0) is 12.1. The topological polar surface area (TPSA) is 54.7 Å². The zero-order valence-corrected chi connectivity index (χ0v) is 9.29. The second-order valence-corrected chi connectivity index (χ2v) is 4.20. The van der Waals surface area contributed by atoms with E-state index < -0.39 is 0 Å². The highest BCUT2D eigenvalue weighted by molar-refractivity contribution is 6.27. The van der Waals surface area contributed by atoms with Gasteiger partial charge in [0, 0.05) is 5.56 Å². The number of aromatic nitrogens is 1. The summed E-state index contributed by atoms with van der Waals surface area (Å²) in [6.07, 6.45) is 3.22. The van der Waals surface area contributed by atoms with Gasteiger partial charge in [-0.3, -0.25) is 4.79 Å². The van der Waals surface area contributed by atoms with E-state index in [1.165, 1.54) is 6.21 Å². The second kappa shape index (κ2) is 3.20. The smallest absolute Gasteiger partial charge is 0.266 e. The van der Waals surface area contributed by atoms with Gasteiger partial charge in [-0.1, -0.05) is 24.3 Å². The molecule has 1 aromatic carbocycles. The minimum absolute atomic E-state index is 0.334. The lowest BCUT2D eigenvalue weighted by atomic mass is 10.1. The minimum atomic E-state index is -0.334. The molecule has 0 radical (unpaired) electrons. The summed E-state index contributed by atoms with van der Waals surface area (Å²) in [6.45, 7) is 0. The molecule has 84 valence electrons. The van der Waals surface area contributed by atoms with Crippen LogP contribution in [-0.4, -0.2) is 17.1 Å². The first-order valence-corrected chi connectivity index (χ1v) is 5.60. The van der Waals surface area contributed by atoms with E-state index >= 15 is 0 Å². The Balaban J connectivity index is 2.10. The van der Waals surface area contributed by atoms with Gasteiger partial charge in [0.25, 0.3) is 5.91 Å². The van der Waals surface area contributed by atoms with Gasteiger partial charge < -0.3 is 0 Å². The van der Waals surface area contributed by atoms with Gasteiger partial charge in [0.2, 0.25) is 0 Å². The van der Waals surface area contributed by atoms with Gasteiger partial charge >= 0.3 is 0 Å². The fourth-order valence-corrected chi connectivity index (χ4v) is 2.29. The van der Waals surface area contributed by atoms with Gasteiger partial charge in [-0.25, -0.2) is 15.0 Å². The third kappa shape index (κ3) is 1.20. The molecule has 1 amide bonds. The molecule has 4 rings (SSSR count). The number of hydrogen-bond acceptors (Lipinski definition) is 3. The number of aliphatic imine (C=N–C) groups is 1. The number of fused-ring (bicyclic) bond motifs is 4. The number of amides is 1.